The summed E-state index contributed by atoms with van der Waals surface area (Å²) in [5.74, 6) is -1.88. The molecule has 152 valence electrons. The molecule has 9 heteroatoms. The number of hydrazone groups is 1. The summed E-state index contributed by atoms with van der Waals surface area (Å²) in [6.45, 7) is 0.851. The molecule has 2 aromatic carbocycles. The average Bonchev–Trinajstić information content (AvgIpc) is 3.28. The van der Waals surface area contributed by atoms with E-state index in [2.05, 4.69) is 10.1 Å². The van der Waals surface area contributed by atoms with Crippen molar-refractivity contribution in [2.75, 3.05) is 13.1 Å². The normalized spacial score (nSPS) is 18.2. The number of benzene rings is 2. The fourth-order valence-corrected chi connectivity index (χ4v) is 3.75. The summed E-state index contributed by atoms with van der Waals surface area (Å²) in [4.78, 5) is 28.3. The second-order valence-electron chi connectivity index (χ2n) is 7.31. The maximum absolute atomic E-state index is 13.6. The first-order valence-corrected chi connectivity index (χ1v) is 9.35. The first-order valence-electron chi connectivity index (χ1n) is 9.35. The van der Waals surface area contributed by atoms with Gasteiger partial charge in [0.25, 0.3) is 0 Å². The van der Waals surface area contributed by atoms with Gasteiger partial charge in [-0.25, -0.2) is 23.4 Å². The lowest BCUT2D eigenvalue weighted by molar-refractivity contribution is 0.136. The molecule has 1 N–H and O–H groups in total. The van der Waals surface area contributed by atoms with Gasteiger partial charge < -0.3 is 9.32 Å². The van der Waals surface area contributed by atoms with Crippen molar-refractivity contribution < 1.29 is 18.0 Å². The second kappa shape index (κ2) is 6.94. The molecule has 3 heterocycles. The lowest BCUT2D eigenvalue weighted by Gasteiger charge is -2.37. The monoisotopic (exact) mass is 410 g/mol. The second-order valence-corrected chi connectivity index (χ2v) is 7.31. The lowest BCUT2D eigenvalue weighted by atomic mass is 10.0. The largest absolute Gasteiger partial charge is 0.417 e. The van der Waals surface area contributed by atoms with E-state index < -0.39 is 23.4 Å². The van der Waals surface area contributed by atoms with Crippen LogP contribution in [0.5, 0.6) is 0 Å². The van der Waals surface area contributed by atoms with E-state index >= 15 is 0 Å². The van der Waals surface area contributed by atoms with Crippen molar-refractivity contribution in [1.82, 2.24) is 14.9 Å². The minimum atomic E-state index is -0.686. The molecule has 2 aliphatic rings. The number of hydrogen-bond acceptors (Lipinski definition) is 4. The van der Waals surface area contributed by atoms with Crippen LogP contribution in [0.25, 0.3) is 17.2 Å². The fourth-order valence-electron chi connectivity index (χ4n) is 3.75. The first kappa shape index (κ1) is 18.3. The minimum absolute atomic E-state index is 0.315. The van der Waals surface area contributed by atoms with Crippen LogP contribution in [0.4, 0.5) is 13.6 Å². The molecule has 0 radical (unpaired) electrons. The Morgan fingerprint density at radius 1 is 1.17 bits per heavy atom. The number of carbonyl (C=O) groups is 1. The van der Waals surface area contributed by atoms with Crippen LogP contribution in [-0.4, -0.2) is 40.2 Å². The zero-order chi connectivity index (χ0) is 20.8. The molecule has 1 atom stereocenters. The van der Waals surface area contributed by atoms with E-state index in [1.165, 1.54) is 17.1 Å². The van der Waals surface area contributed by atoms with Gasteiger partial charge in [0, 0.05) is 31.8 Å². The van der Waals surface area contributed by atoms with E-state index in [4.69, 9.17) is 4.42 Å². The molecule has 0 spiro atoms. The Hall–Kier alpha value is -3.75. The van der Waals surface area contributed by atoms with Gasteiger partial charge in [0.05, 0.1) is 11.6 Å². The van der Waals surface area contributed by atoms with Crippen LogP contribution in [-0.2, 0) is 0 Å². The smallest absolute Gasteiger partial charge is 0.408 e. The molecular formula is C21H16F2N4O3. The van der Waals surface area contributed by atoms with E-state index in [-0.39, 0.29) is 6.03 Å². The predicted molar refractivity (Wildman–Crippen MR) is 106 cm³/mol. The van der Waals surface area contributed by atoms with Crippen molar-refractivity contribution in [2.45, 2.75) is 12.5 Å². The van der Waals surface area contributed by atoms with Gasteiger partial charge in [0.1, 0.15) is 11.6 Å². The third-order valence-corrected chi connectivity index (χ3v) is 5.17. The van der Waals surface area contributed by atoms with Crippen molar-refractivity contribution in [3.63, 3.8) is 0 Å². The molecule has 0 saturated carbocycles. The van der Waals surface area contributed by atoms with Crippen LogP contribution in [0.2, 0.25) is 0 Å². The van der Waals surface area contributed by atoms with E-state index in [1.54, 1.807) is 23.2 Å². The number of rotatable bonds is 2. The Bertz CT molecular complexity index is 1250. The van der Waals surface area contributed by atoms with Crippen LogP contribution in [0, 0.1) is 11.6 Å². The van der Waals surface area contributed by atoms with Crippen molar-refractivity contribution in [1.29, 1.82) is 0 Å². The van der Waals surface area contributed by atoms with Crippen molar-refractivity contribution in [3.8, 4) is 0 Å². The SMILES string of the molecule is O=C(N1CC(=Cc2ccc3oc(=O)[nH]c3c2)C1)N1N=CCC1c1cc(F)cc(F)c1. The molecule has 30 heavy (non-hydrogen) atoms. The molecule has 1 fully saturated rings. The summed E-state index contributed by atoms with van der Waals surface area (Å²) in [6.07, 6.45) is 3.91. The Balaban J connectivity index is 1.29. The highest BCUT2D eigenvalue weighted by Gasteiger charge is 2.35. The first-order chi connectivity index (χ1) is 14.5. The highest BCUT2D eigenvalue weighted by Crippen LogP contribution is 2.32. The number of halogens is 2. The molecule has 0 aliphatic carbocycles. The van der Waals surface area contributed by atoms with E-state index in [1.807, 2.05) is 12.1 Å². The number of carbonyl (C=O) groups excluding carboxylic acids is 1. The van der Waals surface area contributed by atoms with Gasteiger partial charge in [-0.3, -0.25) is 4.98 Å². The topological polar surface area (TPSA) is 81.9 Å². The van der Waals surface area contributed by atoms with Crippen molar-refractivity contribution >= 4 is 29.4 Å². The Labute approximate surface area is 168 Å². The third-order valence-electron chi connectivity index (χ3n) is 5.17. The van der Waals surface area contributed by atoms with Crippen molar-refractivity contribution in [3.05, 3.63) is 75.3 Å². The third kappa shape index (κ3) is 3.28. The lowest BCUT2D eigenvalue weighted by Crippen LogP contribution is -2.49. The number of urea groups is 1. The number of oxazole rings is 1. The summed E-state index contributed by atoms with van der Waals surface area (Å²) < 4.78 is 32.1. The summed E-state index contributed by atoms with van der Waals surface area (Å²) in [5.41, 5.74) is 3.38. The van der Waals surface area contributed by atoms with Crippen LogP contribution in [0.1, 0.15) is 23.6 Å². The van der Waals surface area contributed by atoms with Gasteiger partial charge in [0.2, 0.25) is 0 Å². The predicted octanol–water partition coefficient (Wildman–Crippen LogP) is 3.65. The molecule has 5 rings (SSSR count). The molecule has 1 saturated heterocycles. The van der Waals surface area contributed by atoms with E-state index in [0.717, 1.165) is 17.2 Å². The number of H-pyrrole nitrogens is 1. The molecule has 7 nitrogen and oxygen atoms in total. The highest BCUT2D eigenvalue weighted by atomic mass is 19.1. The number of aromatic amines is 1. The van der Waals surface area contributed by atoms with Gasteiger partial charge in [-0.05, 0) is 41.0 Å². The van der Waals surface area contributed by atoms with Crippen LogP contribution < -0.4 is 5.76 Å². The number of fused-ring (bicyclic) bond motifs is 1. The molecule has 1 unspecified atom stereocenters. The summed E-state index contributed by atoms with van der Waals surface area (Å²) in [5, 5.41) is 5.38. The quantitative estimate of drug-likeness (QED) is 0.700. The standard InChI is InChI=1S/C21H16F2N4O3/c22-15-7-14(8-16(23)9-15)18-3-4-24-27(18)21(29)26-10-13(11-26)5-12-1-2-19-17(6-12)25-20(28)30-19/h1-2,4-9,18H,3,10-11H2,(H,25,28). The van der Waals surface area contributed by atoms with Gasteiger partial charge in [-0.2, -0.15) is 5.10 Å². The van der Waals surface area contributed by atoms with Gasteiger partial charge in [-0.15, -0.1) is 0 Å². The molecule has 0 bridgehead atoms. The highest BCUT2D eigenvalue weighted by molar-refractivity contribution is 5.81. The molecule has 2 aliphatic heterocycles. The molecule has 2 amide bonds. The zero-order valence-corrected chi connectivity index (χ0v) is 15.6. The Morgan fingerprint density at radius 3 is 2.70 bits per heavy atom. The van der Waals surface area contributed by atoms with E-state index in [0.29, 0.717) is 36.2 Å². The Morgan fingerprint density at radius 2 is 1.93 bits per heavy atom. The van der Waals surface area contributed by atoms with Gasteiger partial charge >= 0.3 is 11.8 Å². The Kier molecular flexibility index (Phi) is 4.23. The summed E-state index contributed by atoms with van der Waals surface area (Å²) >= 11 is 0. The summed E-state index contributed by atoms with van der Waals surface area (Å²) in [7, 11) is 0. The number of nitrogens with zero attached hydrogens (tertiary/aromatic N) is 3. The number of amides is 2. The molecule has 3 aromatic rings. The number of aromatic nitrogens is 1. The molecular weight excluding hydrogens is 394 g/mol. The maximum atomic E-state index is 13.6. The maximum Gasteiger partial charge on any atom is 0.417 e. The van der Waals surface area contributed by atoms with Crippen LogP contribution in [0.3, 0.4) is 0 Å². The van der Waals surface area contributed by atoms with E-state index in [9.17, 15) is 18.4 Å². The fraction of sp³-hybridized carbons (Fsp3) is 0.190. The van der Waals surface area contributed by atoms with Crippen LogP contribution >= 0.6 is 0 Å². The number of likely N-dealkylation sites (tertiary alicyclic amines) is 1. The number of nitrogens with one attached hydrogen (secondary N) is 1. The molecule has 1 aromatic heterocycles. The van der Waals surface area contributed by atoms with Crippen LogP contribution in [0.15, 0.2) is 56.3 Å². The van der Waals surface area contributed by atoms with Gasteiger partial charge in [0.15, 0.2) is 5.58 Å². The van der Waals surface area contributed by atoms with Crippen molar-refractivity contribution in [2.24, 2.45) is 5.10 Å². The van der Waals surface area contributed by atoms with Gasteiger partial charge in [-0.1, -0.05) is 12.1 Å². The minimum Gasteiger partial charge on any atom is -0.408 e. The average molecular weight is 410 g/mol. The number of hydrogen-bond donors (Lipinski definition) is 1. The summed E-state index contributed by atoms with van der Waals surface area (Å²) in [6, 6.07) is 7.74. The zero-order valence-electron chi connectivity index (χ0n) is 15.6.